The molecule has 0 heterocycles. The molecule has 3 aromatic rings. The molecule has 1 N–H and O–H groups in total. The highest BCUT2D eigenvalue weighted by Crippen LogP contribution is 2.27. The minimum atomic E-state index is -3.68. The second-order valence-electron chi connectivity index (χ2n) is 7.10. The Balaban J connectivity index is 1.62. The lowest BCUT2D eigenvalue weighted by atomic mass is 10.2. The minimum absolute atomic E-state index is 0.353. The lowest BCUT2D eigenvalue weighted by Gasteiger charge is -2.28. The molecule has 6 nitrogen and oxygen atoms in total. The van der Waals surface area contributed by atoms with E-state index in [0.29, 0.717) is 29.5 Å². The number of hydrogen-bond acceptors (Lipinski definition) is 5. The number of sulfonamides is 1. The predicted octanol–water partition coefficient (Wildman–Crippen LogP) is 4.54. The Hall–Kier alpha value is -2.97. The van der Waals surface area contributed by atoms with Crippen LogP contribution in [-0.4, -0.2) is 38.9 Å². The second kappa shape index (κ2) is 11.1. The molecule has 3 aromatic carbocycles. The Bertz CT molecular complexity index is 1110. The molecule has 0 aliphatic carbocycles. The summed E-state index contributed by atoms with van der Waals surface area (Å²) in [5.74, 6) is 1.59. The van der Waals surface area contributed by atoms with Gasteiger partial charge in [0.1, 0.15) is 17.5 Å². The van der Waals surface area contributed by atoms with E-state index in [1.54, 1.807) is 43.0 Å². The van der Waals surface area contributed by atoms with Crippen LogP contribution >= 0.6 is 11.8 Å². The summed E-state index contributed by atoms with van der Waals surface area (Å²) in [5, 5.41) is 2.83. The molecule has 0 aliphatic rings. The second-order valence-corrected chi connectivity index (χ2v) is 10.1. The molecule has 0 saturated carbocycles. The molecule has 3 rings (SSSR count). The fourth-order valence-electron chi connectivity index (χ4n) is 3.10. The monoisotopic (exact) mass is 470 g/mol. The van der Waals surface area contributed by atoms with Crippen molar-refractivity contribution in [1.29, 1.82) is 0 Å². The highest BCUT2D eigenvalue weighted by Gasteiger charge is 2.28. The van der Waals surface area contributed by atoms with Gasteiger partial charge in [0.25, 0.3) is 0 Å². The number of ether oxygens (including phenoxy) is 1. The van der Waals surface area contributed by atoms with Crippen molar-refractivity contribution in [2.45, 2.75) is 17.9 Å². The molecule has 168 valence electrons. The minimum Gasteiger partial charge on any atom is -0.457 e. The van der Waals surface area contributed by atoms with Crippen molar-refractivity contribution < 1.29 is 17.9 Å². The van der Waals surface area contributed by atoms with Gasteiger partial charge in [0.2, 0.25) is 15.9 Å². The van der Waals surface area contributed by atoms with Crippen LogP contribution in [0.15, 0.2) is 89.8 Å². The van der Waals surface area contributed by atoms with Gasteiger partial charge in [-0.15, -0.1) is 11.8 Å². The Labute approximate surface area is 193 Å². The molecule has 1 amide bonds. The summed E-state index contributed by atoms with van der Waals surface area (Å²) in [6, 6.07) is 24.9. The van der Waals surface area contributed by atoms with Crippen molar-refractivity contribution in [1.82, 2.24) is 5.32 Å². The van der Waals surface area contributed by atoms with Crippen molar-refractivity contribution in [2.75, 3.05) is 22.9 Å². The molecule has 0 radical (unpaired) electrons. The van der Waals surface area contributed by atoms with Crippen LogP contribution in [0.2, 0.25) is 0 Å². The molecule has 0 fully saturated rings. The van der Waals surface area contributed by atoms with Gasteiger partial charge in [0.05, 0.1) is 11.9 Å². The molecular weight excluding hydrogens is 444 g/mol. The SMILES string of the molecule is CC(C(=O)NCCSc1ccccc1)N(c1ccc(Oc2ccccc2)cc1)S(C)(=O)=O. The molecule has 1 unspecified atom stereocenters. The van der Waals surface area contributed by atoms with Gasteiger partial charge in [-0.2, -0.15) is 0 Å². The van der Waals surface area contributed by atoms with E-state index >= 15 is 0 Å². The fourth-order valence-corrected chi connectivity index (χ4v) is 5.07. The van der Waals surface area contributed by atoms with Crippen LogP contribution in [0.5, 0.6) is 11.5 Å². The number of nitrogens with one attached hydrogen (secondary N) is 1. The van der Waals surface area contributed by atoms with E-state index in [-0.39, 0.29) is 5.91 Å². The van der Waals surface area contributed by atoms with E-state index in [0.717, 1.165) is 15.5 Å². The van der Waals surface area contributed by atoms with Crippen molar-refractivity contribution in [3.63, 3.8) is 0 Å². The van der Waals surface area contributed by atoms with Gasteiger partial charge in [-0.1, -0.05) is 36.4 Å². The quantitative estimate of drug-likeness (QED) is 0.348. The fraction of sp³-hybridized carbons (Fsp3) is 0.208. The number of hydrogen-bond donors (Lipinski definition) is 1. The zero-order valence-corrected chi connectivity index (χ0v) is 19.6. The van der Waals surface area contributed by atoms with Gasteiger partial charge in [0, 0.05) is 17.2 Å². The number of carbonyl (C=O) groups excluding carboxylic acids is 1. The zero-order chi connectivity index (χ0) is 23.0. The van der Waals surface area contributed by atoms with E-state index in [4.69, 9.17) is 4.74 Å². The molecule has 8 heteroatoms. The molecule has 0 saturated heterocycles. The van der Waals surface area contributed by atoms with Gasteiger partial charge >= 0.3 is 0 Å². The van der Waals surface area contributed by atoms with E-state index in [1.165, 1.54) is 0 Å². The third kappa shape index (κ3) is 6.77. The van der Waals surface area contributed by atoms with Crippen LogP contribution in [-0.2, 0) is 14.8 Å². The van der Waals surface area contributed by atoms with Crippen molar-refractivity contribution in [3.8, 4) is 11.5 Å². The van der Waals surface area contributed by atoms with Gasteiger partial charge in [-0.05, 0) is 55.5 Å². The molecule has 0 aliphatic heterocycles. The summed E-state index contributed by atoms with van der Waals surface area (Å²) in [4.78, 5) is 13.8. The lowest BCUT2D eigenvalue weighted by Crippen LogP contribution is -2.48. The van der Waals surface area contributed by atoms with Crippen molar-refractivity contribution in [3.05, 3.63) is 84.9 Å². The summed E-state index contributed by atoms with van der Waals surface area (Å²) in [7, 11) is -3.68. The molecule has 1 atom stereocenters. The topological polar surface area (TPSA) is 75.7 Å². The zero-order valence-electron chi connectivity index (χ0n) is 18.0. The number of anilines is 1. The maximum absolute atomic E-state index is 12.7. The third-order valence-corrected chi connectivity index (χ3v) is 6.83. The number of rotatable bonds is 10. The van der Waals surface area contributed by atoms with Crippen LogP contribution in [0.3, 0.4) is 0 Å². The maximum atomic E-state index is 12.7. The highest BCUT2D eigenvalue weighted by molar-refractivity contribution is 7.99. The Kier molecular flexibility index (Phi) is 8.19. The van der Waals surface area contributed by atoms with E-state index < -0.39 is 16.1 Å². The maximum Gasteiger partial charge on any atom is 0.243 e. The smallest absolute Gasteiger partial charge is 0.243 e. The standard InChI is InChI=1S/C24H26N2O4S2/c1-19(24(27)25-17-18-31-23-11-7-4-8-12-23)26(32(2,28)29)20-13-15-22(16-14-20)30-21-9-5-3-6-10-21/h3-16,19H,17-18H2,1-2H3,(H,25,27). The first-order valence-corrected chi connectivity index (χ1v) is 13.0. The summed E-state index contributed by atoms with van der Waals surface area (Å²) >= 11 is 1.63. The Morgan fingerprint density at radius 3 is 2.09 bits per heavy atom. The highest BCUT2D eigenvalue weighted by atomic mass is 32.2. The third-order valence-electron chi connectivity index (χ3n) is 4.57. The lowest BCUT2D eigenvalue weighted by molar-refractivity contribution is -0.121. The van der Waals surface area contributed by atoms with Crippen LogP contribution in [0.4, 0.5) is 5.69 Å². The molecule has 0 aromatic heterocycles. The first kappa shape index (κ1) is 23.7. The number of nitrogens with zero attached hydrogens (tertiary/aromatic N) is 1. The first-order valence-electron chi connectivity index (χ1n) is 10.1. The number of carbonyl (C=O) groups is 1. The molecular formula is C24H26N2O4S2. The average molecular weight is 471 g/mol. The van der Waals surface area contributed by atoms with Crippen LogP contribution in [0, 0.1) is 0 Å². The average Bonchev–Trinajstić information content (AvgIpc) is 2.78. The largest absolute Gasteiger partial charge is 0.457 e. The number of benzene rings is 3. The number of para-hydroxylation sites is 1. The van der Waals surface area contributed by atoms with Crippen molar-refractivity contribution in [2.24, 2.45) is 0 Å². The van der Waals surface area contributed by atoms with Crippen molar-refractivity contribution >= 4 is 33.4 Å². The molecule has 0 bridgehead atoms. The number of thioether (sulfide) groups is 1. The Morgan fingerprint density at radius 1 is 0.938 bits per heavy atom. The Morgan fingerprint density at radius 2 is 1.50 bits per heavy atom. The summed E-state index contributed by atoms with van der Waals surface area (Å²) < 4.78 is 31.8. The number of amides is 1. The van der Waals surface area contributed by atoms with Crippen LogP contribution < -0.4 is 14.4 Å². The first-order chi connectivity index (χ1) is 15.3. The van der Waals surface area contributed by atoms with Crippen LogP contribution in [0.1, 0.15) is 6.92 Å². The van der Waals surface area contributed by atoms with Gasteiger partial charge in [-0.25, -0.2) is 8.42 Å². The summed E-state index contributed by atoms with van der Waals surface area (Å²) in [6.07, 6.45) is 1.09. The molecule has 32 heavy (non-hydrogen) atoms. The summed E-state index contributed by atoms with van der Waals surface area (Å²) in [5.41, 5.74) is 0.397. The van der Waals surface area contributed by atoms with Gasteiger partial charge in [-0.3, -0.25) is 9.10 Å². The van der Waals surface area contributed by atoms with E-state index in [2.05, 4.69) is 5.32 Å². The van der Waals surface area contributed by atoms with E-state index in [9.17, 15) is 13.2 Å². The molecule has 0 spiro atoms. The summed E-state index contributed by atoms with van der Waals surface area (Å²) in [6.45, 7) is 2.01. The predicted molar refractivity (Wildman–Crippen MR) is 130 cm³/mol. The van der Waals surface area contributed by atoms with Gasteiger partial charge < -0.3 is 10.1 Å². The van der Waals surface area contributed by atoms with E-state index in [1.807, 2.05) is 60.7 Å². The van der Waals surface area contributed by atoms with Crippen LogP contribution in [0.25, 0.3) is 0 Å². The normalized spacial score (nSPS) is 12.1. The van der Waals surface area contributed by atoms with Gasteiger partial charge in [0.15, 0.2) is 0 Å².